The maximum atomic E-state index is 13.8. The van der Waals surface area contributed by atoms with Crippen LogP contribution in [0.2, 0.25) is 0 Å². The summed E-state index contributed by atoms with van der Waals surface area (Å²) in [6, 6.07) is 0. The molecule has 0 aromatic carbocycles. The second-order valence-corrected chi connectivity index (χ2v) is 6.70. The summed E-state index contributed by atoms with van der Waals surface area (Å²) in [5.41, 5.74) is -3.14. The zero-order valence-corrected chi connectivity index (χ0v) is 14.4. The maximum absolute atomic E-state index is 13.8. The van der Waals surface area contributed by atoms with Gasteiger partial charge in [-0.2, -0.15) is 13.2 Å². The Labute approximate surface area is 144 Å². The Morgan fingerprint density at radius 3 is 2.36 bits per heavy atom. The fourth-order valence-corrected chi connectivity index (χ4v) is 3.45. The molecule has 2 fully saturated rings. The largest absolute Gasteiger partial charge is 0.478 e. The number of nitrogens with two attached hydrogens (primary N) is 1. The topological polar surface area (TPSA) is 81.2 Å². The van der Waals surface area contributed by atoms with Crippen LogP contribution in [0.25, 0.3) is 0 Å². The average Bonchev–Trinajstić information content (AvgIpc) is 3.11. The van der Waals surface area contributed by atoms with Gasteiger partial charge in [0.15, 0.2) is 0 Å². The normalized spacial score (nSPS) is 24.6. The van der Waals surface area contributed by atoms with Crippen LogP contribution >= 0.6 is 0 Å². The number of halogens is 3. The van der Waals surface area contributed by atoms with Crippen molar-refractivity contribution in [3.05, 3.63) is 0 Å². The maximum Gasteiger partial charge on any atom is 0.478 e. The molecule has 0 bridgehead atoms. The minimum absolute atomic E-state index is 0.0838. The van der Waals surface area contributed by atoms with Gasteiger partial charge in [0.25, 0.3) is 0 Å². The molecule has 1 amide bonds. The average molecular weight is 367 g/mol. The molecule has 0 spiro atoms. The van der Waals surface area contributed by atoms with Crippen molar-refractivity contribution in [3.63, 3.8) is 0 Å². The Hall–Kier alpha value is -1.35. The van der Waals surface area contributed by atoms with E-state index in [1.165, 1.54) is 0 Å². The molecule has 2 rings (SSSR count). The zero-order valence-electron chi connectivity index (χ0n) is 14.4. The van der Waals surface area contributed by atoms with Gasteiger partial charge in [-0.3, -0.25) is 10.1 Å². The van der Waals surface area contributed by atoms with Crippen LogP contribution in [0.15, 0.2) is 0 Å². The number of hydrogen-bond acceptors (Lipinski definition) is 4. The lowest BCUT2D eigenvalue weighted by Crippen LogP contribution is -3.07. The second-order valence-electron chi connectivity index (χ2n) is 6.70. The number of methoxy groups -OCH3 is 1. The number of nitrogens with one attached hydrogen (secondary N) is 1. The lowest BCUT2D eigenvalue weighted by atomic mass is 9.88. The van der Waals surface area contributed by atoms with Crippen LogP contribution < -0.4 is 10.6 Å². The summed E-state index contributed by atoms with van der Waals surface area (Å²) in [7, 11) is 0.884. The molecule has 144 valence electrons. The van der Waals surface area contributed by atoms with E-state index in [2.05, 4.69) is 4.74 Å². The van der Waals surface area contributed by atoms with Crippen LogP contribution in [0.1, 0.15) is 44.9 Å². The SMILES string of the molecule is COC(=O)[C@](NC(=O)C1CCCCC1)([NH2+]C[C@H]1CCCO1)C(F)(F)F. The van der Waals surface area contributed by atoms with Gasteiger partial charge in [0.05, 0.1) is 7.11 Å². The van der Waals surface area contributed by atoms with Crippen molar-refractivity contribution >= 4 is 11.9 Å². The van der Waals surface area contributed by atoms with Gasteiger partial charge in [-0.05, 0) is 25.7 Å². The standard InChI is InChI=1S/C16H25F3N2O4/c1-24-14(23)15(16(17,18)19,20-10-12-8-5-9-25-12)21-13(22)11-6-3-2-4-7-11/h11-12,20H,2-10H2,1H3,(H,21,22)/p+1/t12-,15-/m1/s1. The predicted octanol–water partition coefficient (Wildman–Crippen LogP) is 0.857. The lowest BCUT2D eigenvalue weighted by molar-refractivity contribution is -0.748. The minimum atomic E-state index is -5.00. The van der Waals surface area contributed by atoms with Gasteiger partial charge in [0.2, 0.25) is 5.91 Å². The Balaban J connectivity index is 2.18. The molecule has 1 heterocycles. The van der Waals surface area contributed by atoms with E-state index in [0.29, 0.717) is 25.9 Å². The van der Waals surface area contributed by atoms with E-state index in [9.17, 15) is 22.8 Å². The van der Waals surface area contributed by atoms with Crippen LogP contribution in [-0.2, 0) is 19.1 Å². The van der Waals surface area contributed by atoms with Gasteiger partial charge >= 0.3 is 17.8 Å². The molecule has 0 aromatic rings. The summed E-state index contributed by atoms with van der Waals surface area (Å²) in [4.78, 5) is 24.5. The van der Waals surface area contributed by atoms with E-state index < -0.39 is 29.6 Å². The zero-order chi connectivity index (χ0) is 18.5. The molecule has 1 aliphatic carbocycles. The first-order valence-corrected chi connectivity index (χ1v) is 8.73. The van der Waals surface area contributed by atoms with Crippen molar-refractivity contribution in [2.24, 2.45) is 5.92 Å². The quantitative estimate of drug-likeness (QED) is 0.539. The molecule has 0 unspecified atom stereocenters. The van der Waals surface area contributed by atoms with E-state index >= 15 is 0 Å². The van der Waals surface area contributed by atoms with Crippen LogP contribution in [-0.4, -0.2) is 50.1 Å². The van der Waals surface area contributed by atoms with E-state index in [1.807, 2.05) is 5.32 Å². The second kappa shape index (κ2) is 8.35. The number of esters is 1. The van der Waals surface area contributed by atoms with Gasteiger partial charge in [0.1, 0.15) is 12.6 Å². The molecule has 0 aromatic heterocycles. The number of hydrogen-bond donors (Lipinski definition) is 2. The van der Waals surface area contributed by atoms with E-state index in [4.69, 9.17) is 4.74 Å². The number of quaternary nitrogens is 1. The molecule has 1 saturated heterocycles. The van der Waals surface area contributed by atoms with Crippen molar-refractivity contribution in [1.29, 1.82) is 0 Å². The Morgan fingerprint density at radius 1 is 1.16 bits per heavy atom. The third-order valence-electron chi connectivity index (χ3n) is 4.96. The molecule has 6 nitrogen and oxygen atoms in total. The highest BCUT2D eigenvalue weighted by Crippen LogP contribution is 2.29. The summed E-state index contributed by atoms with van der Waals surface area (Å²) in [6.07, 6.45) is -0.340. The van der Waals surface area contributed by atoms with Crippen molar-refractivity contribution in [2.45, 2.75) is 62.9 Å². The van der Waals surface area contributed by atoms with Crippen molar-refractivity contribution < 1.29 is 37.6 Å². The molecule has 3 N–H and O–H groups in total. The third-order valence-corrected chi connectivity index (χ3v) is 4.96. The van der Waals surface area contributed by atoms with Gasteiger partial charge in [-0.1, -0.05) is 19.3 Å². The fourth-order valence-electron chi connectivity index (χ4n) is 3.45. The van der Waals surface area contributed by atoms with E-state index in [0.717, 1.165) is 38.1 Å². The van der Waals surface area contributed by atoms with Crippen molar-refractivity contribution in [3.8, 4) is 0 Å². The molecular weight excluding hydrogens is 341 g/mol. The molecule has 2 atom stereocenters. The monoisotopic (exact) mass is 367 g/mol. The summed E-state index contributed by atoms with van der Waals surface area (Å²) < 4.78 is 51.2. The highest BCUT2D eigenvalue weighted by molar-refractivity contribution is 5.88. The number of rotatable bonds is 6. The van der Waals surface area contributed by atoms with E-state index in [-0.39, 0.29) is 12.6 Å². The first kappa shape index (κ1) is 20.0. The van der Waals surface area contributed by atoms with Crippen LogP contribution in [0.4, 0.5) is 13.2 Å². The van der Waals surface area contributed by atoms with Crippen molar-refractivity contribution in [2.75, 3.05) is 20.3 Å². The number of amides is 1. The first-order chi connectivity index (χ1) is 11.8. The summed E-state index contributed by atoms with van der Waals surface area (Å²) in [6.45, 7) is 0.406. The lowest BCUT2D eigenvalue weighted by Gasteiger charge is -2.33. The Morgan fingerprint density at radius 2 is 1.84 bits per heavy atom. The number of ether oxygens (including phenoxy) is 2. The first-order valence-electron chi connectivity index (χ1n) is 8.73. The summed E-state index contributed by atoms with van der Waals surface area (Å²) >= 11 is 0. The molecule has 9 heteroatoms. The molecular formula is C16H26F3N2O4+. The molecule has 25 heavy (non-hydrogen) atoms. The van der Waals surface area contributed by atoms with Crippen LogP contribution in [0, 0.1) is 5.92 Å². The number of carbonyl (C=O) groups excluding carboxylic acids is 2. The van der Waals surface area contributed by atoms with Gasteiger partial charge in [0, 0.05) is 12.5 Å². The van der Waals surface area contributed by atoms with Crippen LogP contribution in [0.3, 0.4) is 0 Å². The minimum Gasteiger partial charge on any atom is -0.463 e. The molecule has 1 saturated carbocycles. The molecule has 0 radical (unpaired) electrons. The van der Waals surface area contributed by atoms with E-state index in [1.54, 1.807) is 0 Å². The Kier molecular flexibility index (Phi) is 6.67. The molecule has 1 aliphatic heterocycles. The molecule has 2 aliphatic rings. The van der Waals surface area contributed by atoms with Crippen LogP contribution in [0.5, 0.6) is 0 Å². The fraction of sp³-hybridized carbons (Fsp3) is 0.875. The predicted molar refractivity (Wildman–Crippen MR) is 81.3 cm³/mol. The van der Waals surface area contributed by atoms with Crippen molar-refractivity contribution in [1.82, 2.24) is 5.32 Å². The van der Waals surface area contributed by atoms with Gasteiger partial charge in [-0.15, -0.1) is 0 Å². The summed E-state index contributed by atoms with van der Waals surface area (Å²) in [5.74, 6) is -2.77. The summed E-state index contributed by atoms with van der Waals surface area (Å²) in [5, 5.41) is 2.77. The third kappa shape index (κ3) is 4.63. The number of carbonyl (C=O) groups is 2. The highest BCUT2D eigenvalue weighted by atomic mass is 19.4. The van der Waals surface area contributed by atoms with Gasteiger partial charge < -0.3 is 14.8 Å². The highest BCUT2D eigenvalue weighted by Gasteiger charge is 2.67. The Bertz CT molecular complexity index is 474. The van der Waals surface area contributed by atoms with Gasteiger partial charge in [-0.25, -0.2) is 4.79 Å². The number of alkyl halides is 3. The smallest absolute Gasteiger partial charge is 0.463 e.